The first kappa shape index (κ1) is 10.6. The highest BCUT2D eigenvalue weighted by atomic mass is 32.1. The first-order chi connectivity index (χ1) is 8.36. The Hall–Kier alpha value is -1.53. The first-order valence-corrected chi connectivity index (χ1v) is 5.94. The summed E-state index contributed by atoms with van der Waals surface area (Å²) < 4.78 is 7.03. The van der Waals surface area contributed by atoms with E-state index in [9.17, 15) is 0 Å². The zero-order valence-electron chi connectivity index (χ0n) is 9.24. The number of morpholine rings is 1. The smallest absolute Gasteiger partial charge is 0.198 e. The summed E-state index contributed by atoms with van der Waals surface area (Å²) in [6.07, 6.45) is 0. The van der Waals surface area contributed by atoms with Gasteiger partial charge in [0.25, 0.3) is 0 Å². The second kappa shape index (κ2) is 4.38. The average molecular weight is 248 g/mol. The van der Waals surface area contributed by atoms with Gasteiger partial charge in [0.05, 0.1) is 18.7 Å². The number of thiocarbonyl (C=S) groups is 1. The van der Waals surface area contributed by atoms with Crippen LogP contribution in [0.3, 0.4) is 0 Å². The van der Waals surface area contributed by atoms with E-state index in [2.05, 4.69) is 15.2 Å². The Morgan fingerprint density at radius 2 is 2.00 bits per heavy atom. The molecule has 2 heterocycles. The van der Waals surface area contributed by atoms with Gasteiger partial charge in [-0.3, -0.25) is 0 Å². The molecule has 88 valence electrons. The average Bonchev–Trinajstić information content (AvgIpc) is 2.83. The number of hydrogen-bond acceptors (Lipinski definition) is 4. The Bertz CT molecular complexity index is 547. The van der Waals surface area contributed by atoms with E-state index in [1.807, 2.05) is 24.3 Å². The molecule has 2 aromatic rings. The highest BCUT2D eigenvalue weighted by Gasteiger charge is 2.17. The number of benzene rings is 1. The molecule has 1 aromatic heterocycles. The van der Waals surface area contributed by atoms with Gasteiger partial charge in [-0.15, -0.1) is 5.10 Å². The Kier molecular flexibility index (Phi) is 2.74. The van der Waals surface area contributed by atoms with E-state index in [-0.39, 0.29) is 0 Å². The molecule has 0 saturated carbocycles. The van der Waals surface area contributed by atoms with E-state index >= 15 is 0 Å². The quantitative estimate of drug-likeness (QED) is 0.648. The van der Waals surface area contributed by atoms with E-state index < -0.39 is 0 Å². The predicted octanol–water partition coefficient (Wildman–Crippen LogP) is 0.896. The number of ether oxygens (including phenoxy) is 1. The summed E-state index contributed by atoms with van der Waals surface area (Å²) in [6, 6.07) is 7.81. The fraction of sp³-hybridized carbons (Fsp3) is 0.364. The molecule has 1 aliphatic heterocycles. The van der Waals surface area contributed by atoms with Gasteiger partial charge < -0.3 is 9.64 Å². The summed E-state index contributed by atoms with van der Waals surface area (Å²) in [4.78, 5) is 2.10. The van der Waals surface area contributed by atoms with Crippen LogP contribution in [0.5, 0.6) is 0 Å². The van der Waals surface area contributed by atoms with Crippen molar-refractivity contribution >= 4 is 28.4 Å². The van der Waals surface area contributed by atoms with Gasteiger partial charge in [0.1, 0.15) is 5.52 Å². The molecule has 17 heavy (non-hydrogen) atoms. The van der Waals surface area contributed by atoms with E-state index in [0.717, 1.165) is 24.1 Å². The van der Waals surface area contributed by atoms with Crippen molar-refractivity contribution in [2.75, 3.05) is 26.3 Å². The van der Waals surface area contributed by atoms with Crippen molar-refractivity contribution in [2.45, 2.75) is 0 Å². The molecule has 0 bridgehead atoms. The van der Waals surface area contributed by atoms with Gasteiger partial charge >= 0.3 is 0 Å². The van der Waals surface area contributed by atoms with Crippen LogP contribution < -0.4 is 0 Å². The summed E-state index contributed by atoms with van der Waals surface area (Å²) in [5.41, 5.74) is 1.81. The maximum absolute atomic E-state index is 5.45. The molecule has 1 fully saturated rings. The summed E-state index contributed by atoms with van der Waals surface area (Å²) in [5.74, 6) is 0. The van der Waals surface area contributed by atoms with Gasteiger partial charge in [-0.1, -0.05) is 17.3 Å². The number of nitrogens with zero attached hydrogens (tertiary/aromatic N) is 4. The van der Waals surface area contributed by atoms with E-state index in [1.54, 1.807) is 4.68 Å². The van der Waals surface area contributed by atoms with E-state index in [0.29, 0.717) is 18.3 Å². The monoisotopic (exact) mass is 248 g/mol. The molecule has 0 amide bonds. The molecular formula is C11H12N4OS. The molecule has 1 aliphatic rings. The second-order valence-electron chi connectivity index (χ2n) is 3.87. The molecule has 0 spiro atoms. The fourth-order valence-electron chi connectivity index (χ4n) is 1.90. The number of hydrogen-bond donors (Lipinski definition) is 0. The molecule has 0 radical (unpaired) electrons. The summed E-state index contributed by atoms with van der Waals surface area (Å²) in [5, 5.41) is 8.91. The lowest BCUT2D eigenvalue weighted by Gasteiger charge is -2.28. The number of para-hydroxylation sites is 1. The maximum Gasteiger partial charge on any atom is 0.198 e. The Morgan fingerprint density at radius 3 is 2.82 bits per heavy atom. The normalized spacial score (nSPS) is 16.4. The van der Waals surface area contributed by atoms with Gasteiger partial charge in [0.2, 0.25) is 0 Å². The molecule has 1 saturated heterocycles. The fourth-order valence-corrected chi connectivity index (χ4v) is 2.22. The predicted molar refractivity (Wildman–Crippen MR) is 67.9 cm³/mol. The minimum atomic E-state index is 0.696. The highest BCUT2D eigenvalue weighted by Crippen LogP contribution is 2.11. The highest BCUT2D eigenvalue weighted by molar-refractivity contribution is 7.80. The van der Waals surface area contributed by atoms with Crippen LogP contribution in [-0.4, -0.2) is 51.3 Å². The van der Waals surface area contributed by atoms with Crippen LogP contribution in [0.4, 0.5) is 0 Å². The molecule has 3 rings (SSSR count). The van der Waals surface area contributed by atoms with Crippen molar-refractivity contribution in [1.29, 1.82) is 0 Å². The van der Waals surface area contributed by atoms with Gasteiger partial charge in [-0.2, -0.15) is 4.68 Å². The van der Waals surface area contributed by atoms with Crippen LogP contribution >= 0.6 is 12.2 Å². The van der Waals surface area contributed by atoms with Gasteiger partial charge in [0, 0.05) is 13.1 Å². The molecule has 0 atom stereocenters. The van der Waals surface area contributed by atoms with Crippen molar-refractivity contribution in [3.63, 3.8) is 0 Å². The van der Waals surface area contributed by atoms with Crippen LogP contribution in [0.25, 0.3) is 11.0 Å². The van der Waals surface area contributed by atoms with Crippen molar-refractivity contribution in [3.05, 3.63) is 24.3 Å². The summed E-state index contributed by atoms with van der Waals surface area (Å²) >= 11 is 5.45. The van der Waals surface area contributed by atoms with Crippen LogP contribution in [0.1, 0.15) is 0 Å². The molecule has 5 nitrogen and oxygen atoms in total. The lowest BCUT2D eigenvalue weighted by molar-refractivity contribution is 0.0676. The second-order valence-corrected chi connectivity index (χ2v) is 4.24. The molecule has 0 aliphatic carbocycles. The summed E-state index contributed by atoms with van der Waals surface area (Å²) in [7, 11) is 0. The molecule has 1 aromatic carbocycles. The minimum absolute atomic E-state index is 0.696. The maximum atomic E-state index is 5.45. The van der Waals surface area contributed by atoms with Gasteiger partial charge in [-0.25, -0.2) is 0 Å². The topological polar surface area (TPSA) is 43.2 Å². The minimum Gasteiger partial charge on any atom is -0.378 e. The van der Waals surface area contributed by atoms with Crippen molar-refractivity contribution in [1.82, 2.24) is 19.9 Å². The zero-order valence-corrected chi connectivity index (χ0v) is 10.1. The number of fused-ring (bicyclic) bond motifs is 1. The molecular weight excluding hydrogens is 236 g/mol. The molecule has 6 heteroatoms. The lowest BCUT2D eigenvalue weighted by atomic mass is 10.3. The van der Waals surface area contributed by atoms with Crippen molar-refractivity contribution < 1.29 is 4.74 Å². The number of aromatic nitrogens is 3. The number of rotatable bonds is 0. The molecule has 0 unspecified atom stereocenters. The Morgan fingerprint density at radius 1 is 1.24 bits per heavy atom. The van der Waals surface area contributed by atoms with Gasteiger partial charge in [-0.05, 0) is 24.4 Å². The van der Waals surface area contributed by atoms with E-state index in [4.69, 9.17) is 17.0 Å². The third-order valence-electron chi connectivity index (χ3n) is 2.81. The zero-order chi connectivity index (χ0) is 11.7. The Balaban J connectivity index is 1.95. The third-order valence-corrected chi connectivity index (χ3v) is 3.25. The Labute approximate surface area is 104 Å². The van der Waals surface area contributed by atoms with Crippen LogP contribution in [0, 0.1) is 0 Å². The lowest BCUT2D eigenvalue weighted by Crippen LogP contribution is -2.43. The van der Waals surface area contributed by atoms with Crippen LogP contribution in [0.15, 0.2) is 24.3 Å². The standard InChI is InChI=1S/C11H12N4OS/c17-11(14-5-7-16-8-6-14)15-10-4-2-1-3-9(10)12-13-15/h1-4H,5-8H2. The summed E-state index contributed by atoms with van der Waals surface area (Å²) in [6.45, 7) is 3.06. The van der Waals surface area contributed by atoms with Crippen LogP contribution in [0.2, 0.25) is 0 Å². The van der Waals surface area contributed by atoms with Gasteiger partial charge in [0.15, 0.2) is 5.11 Å². The SMILES string of the molecule is S=C(N1CCOCC1)n1nnc2ccccc21. The van der Waals surface area contributed by atoms with Crippen molar-refractivity contribution in [3.8, 4) is 0 Å². The largest absolute Gasteiger partial charge is 0.378 e. The van der Waals surface area contributed by atoms with Crippen LogP contribution in [-0.2, 0) is 4.74 Å². The van der Waals surface area contributed by atoms with Crippen molar-refractivity contribution in [2.24, 2.45) is 0 Å². The third kappa shape index (κ3) is 1.89. The molecule has 0 N–H and O–H groups in total. The first-order valence-electron chi connectivity index (χ1n) is 5.54. The van der Waals surface area contributed by atoms with E-state index in [1.165, 1.54) is 0 Å².